The van der Waals surface area contributed by atoms with E-state index in [-0.39, 0.29) is 37.2 Å². The van der Waals surface area contributed by atoms with Crippen LogP contribution in [0.4, 0.5) is 5.69 Å². The molecule has 0 bridgehead atoms. The van der Waals surface area contributed by atoms with Gasteiger partial charge in [0.2, 0.25) is 17.7 Å². The van der Waals surface area contributed by atoms with E-state index in [1.165, 1.54) is 12.0 Å². The fourth-order valence-electron chi connectivity index (χ4n) is 2.56. The Kier molecular flexibility index (Phi) is 6.03. The average molecular weight is 354 g/mol. The molecule has 1 unspecified atom stereocenters. The number of amides is 3. The van der Waals surface area contributed by atoms with Gasteiger partial charge >= 0.3 is 0 Å². The fourth-order valence-corrected chi connectivity index (χ4v) is 2.73. The van der Waals surface area contributed by atoms with Crippen molar-refractivity contribution in [3.05, 3.63) is 23.2 Å². The molecule has 0 radical (unpaired) electrons. The van der Waals surface area contributed by atoms with Crippen LogP contribution in [0, 0.1) is 5.92 Å². The number of carbonyl (C=O) groups is 3. The Hall–Kier alpha value is -2.28. The maximum absolute atomic E-state index is 12.3. The number of benzene rings is 1. The third-order valence-corrected chi connectivity index (χ3v) is 3.96. The Morgan fingerprint density at radius 2 is 2.12 bits per heavy atom. The normalized spacial score (nSPS) is 16.9. The van der Waals surface area contributed by atoms with E-state index in [1.54, 1.807) is 25.1 Å². The van der Waals surface area contributed by atoms with Crippen LogP contribution in [-0.2, 0) is 14.4 Å². The van der Waals surface area contributed by atoms with Crippen LogP contribution in [0.15, 0.2) is 18.2 Å². The van der Waals surface area contributed by atoms with Gasteiger partial charge in [0, 0.05) is 24.5 Å². The molecular formula is C16H20ClN3O4. The topological polar surface area (TPSA) is 87.7 Å². The van der Waals surface area contributed by atoms with Gasteiger partial charge in [0.25, 0.3) is 0 Å². The summed E-state index contributed by atoms with van der Waals surface area (Å²) < 4.78 is 5.26. The highest BCUT2D eigenvalue weighted by molar-refractivity contribution is 6.31. The van der Waals surface area contributed by atoms with Crippen molar-refractivity contribution in [2.75, 3.05) is 31.6 Å². The van der Waals surface area contributed by atoms with Gasteiger partial charge in [0.05, 0.1) is 25.3 Å². The van der Waals surface area contributed by atoms with Crippen molar-refractivity contribution >= 4 is 35.0 Å². The number of likely N-dealkylation sites (N-methyl/N-ethyl adjacent to an activating group) is 1. The second-order valence-corrected chi connectivity index (χ2v) is 5.83. The smallest absolute Gasteiger partial charge is 0.239 e. The number of anilines is 1. The van der Waals surface area contributed by atoms with Crippen LogP contribution >= 0.6 is 11.6 Å². The Morgan fingerprint density at radius 1 is 1.38 bits per heavy atom. The van der Waals surface area contributed by atoms with E-state index in [0.717, 1.165) is 0 Å². The molecule has 2 N–H and O–H groups in total. The summed E-state index contributed by atoms with van der Waals surface area (Å²) in [5.74, 6) is -0.776. The second-order valence-electron chi connectivity index (χ2n) is 5.39. The van der Waals surface area contributed by atoms with Crippen LogP contribution in [0.5, 0.6) is 5.75 Å². The average Bonchev–Trinajstić information content (AvgIpc) is 2.94. The zero-order valence-electron chi connectivity index (χ0n) is 13.6. The van der Waals surface area contributed by atoms with Gasteiger partial charge in [-0.15, -0.1) is 0 Å². The van der Waals surface area contributed by atoms with Crippen molar-refractivity contribution in [1.29, 1.82) is 0 Å². The van der Waals surface area contributed by atoms with E-state index in [0.29, 0.717) is 23.0 Å². The molecule has 0 spiro atoms. The molecule has 1 heterocycles. The van der Waals surface area contributed by atoms with Gasteiger partial charge in [-0.3, -0.25) is 14.4 Å². The molecule has 3 amide bonds. The largest absolute Gasteiger partial charge is 0.495 e. The van der Waals surface area contributed by atoms with Crippen LogP contribution in [0.1, 0.15) is 13.3 Å². The number of methoxy groups -OCH3 is 1. The van der Waals surface area contributed by atoms with Gasteiger partial charge in [-0.2, -0.15) is 0 Å². The molecule has 1 fully saturated rings. The number of rotatable bonds is 6. The summed E-state index contributed by atoms with van der Waals surface area (Å²) in [6.07, 6.45) is 0.0803. The summed E-state index contributed by atoms with van der Waals surface area (Å²) in [5.41, 5.74) is 0.536. The molecule has 1 saturated heterocycles. The summed E-state index contributed by atoms with van der Waals surface area (Å²) in [5, 5.41) is 5.62. The second kappa shape index (κ2) is 8.01. The van der Waals surface area contributed by atoms with Crippen LogP contribution in [0.2, 0.25) is 5.02 Å². The third-order valence-electron chi connectivity index (χ3n) is 3.72. The van der Waals surface area contributed by atoms with Gasteiger partial charge in [0.15, 0.2) is 0 Å². The predicted molar refractivity (Wildman–Crippen MR) is 90.2 cm³/mol. The zero-order valence-corrected chi connectivity index (χ0v) is 14.4. The van der Waals surface area contributed by atoms with Gasteiger partial charge in [-0.05, 0) is 25.1 Å². The van der Waals surface area contributed by atoms with Crippen molar-refractivity contribution in [3.63, 3.8) is 0 Å². The molecule has 2 rings (SSSR count). The van der Waals surface area contributed by atoms with Crippen molar-refractivity contribution in [1.82, 2.24) is 10.6 Å². The van der Waals surface area contributed by atoms with Crippen LogP contribution in [0.25, 0.3) is 0 Å². The molecule has 0 aliphatic carbocycles. The molecule has 7 nitrogen and oxygen atoms in total. The van der Waals surface area contributed by atoms with Gasteiger partial charge in [-0.25, -0.2) is 0 Å². The minimum absolute atomic E-state index is 0.0803. The summed E-state index contributed by atoms with van der Waals surface area (Å²) in [6.45, 7) is 2.42. The maximum atomic E-state index is 12.3. The van der Waals surface area contributed by atoms with Crippen LogP contribution < -0.4 is 20.3 Å². The van der Waals surface area contributed by atoms with Crippen LogP contribution in [-0.4, -0.2) is 44.5 Å². The molecule has 1 atom stereocenters. The lowest BCUT2D eigenvalue weighted by Gasteiger charge is -2.19. The van der Waals surface area contributed by atoms with Gasteiger partial charge in [0.1, 0.15) is 5.75 Å². The summed E-state index contributed by atoms with van der Waals surface area (Å²) in [7, 11) is 1.50. The lowest BCUT2D eigenvalue weighted by atomic mass is 10.1. The molecule has 0 aromatic heterocycles. The van der Waals surface area contributed by atoms with E-state index in [2.05, 4.69) is 10.6 Å². The summed E-state index contributed by atoms with van der Waals surface area (Å²) in [4.78, 5) is 37.3. The van der Waals surface area contributed by atoms with E-state index < -0.39 is 5.92 Å². The molecule has 1 aromatic carbocycles. The SMILES string of the molecule is CCNC(=O)CNC(=O)C1CC(=O)N(c2cc(Cl)ccc2OC)C1. The first-order valence-corrected chi connectivity index (χ1v) is 8.02. The van der Waals surface area contributed by atoms with Crippen LogP contribution in [0.3, 0.4) is 0 Å². The highest BCUT2D eigenvalue weighted by Gasteiger charge is 2.36. The number of nitrogens with one attached hydrogen (secondary N) is 2. The Morgan fingerprint density at radius 3 is 2.79 bits per heavy atom. The zero-order chi connectivity index (χ0) is 17.7. The van der Waals surface area contributed by atoms with Crippen molar-refractivity contribution in [2.45, 2.75) is 13.3 Å². The van der Waals surface area contributed by atoms with Crippen molar-refractivity contribution in [3.8, 4) is 5.75 Å². The molecule has 24 heavy (non-hydrogen) atoms. The lowest BCUT2D eigenvalue weighted by molar-refractivity contribution is -0.128. The number of ether oxygens (including phenoxy) is 1. The highest BCUT2D eigenvalue weighted by Crippen LogP contribution is 2.35. The summed E-state index contributed by atoms with van der Waals surface area (Å²) >= 11 is 6.00. The van der Waals surface area contributed by atoms with Crippen molar-refractivity contribution < 1.29 is 19.1 Å². The Labute approximate surface area is 145 Å². The number of hydrogen-bond acceptors (Lipinski definition) is 4. The number of halogens is 1. The fraction of sp³-hybridized carbons (Fsp3) is 0.438. The van der Waals surface area contributed by atoms with E-state index in [1.807, 2.05) is 0 Å². The first-order chi connectivity index (χ1) is 11.5. The monoisotopic (exact) mass is 353 g/mol. The molecule has 1 aliphatic heterocycles. The van der Waals surface area contributed by atoms with E-state index >= 15 is 0 Å². The van der Waals surface area contributed by atoms with E-state index in [9.17, 15) is 14.4 Å². The first kappa shape index (κ1) is 18.1. The molecule has 1 aromatic rings. The molecular weight excluding hydrogens is 334 g/mol. The predicted octanol–water partition coefficient (Wildman–Crippen LogP) is 0.954. The molecule has 8 heteroatoms. The number of carbonyl (C=O) groups excluding carboxylic acids is 3. The molecule has 0 saturated carbocycles. The minimum Gasteiger partial charge on any atom is -0.495 e. The van der Waals surface area contributed by atoms with Gasteiger partial charge in [-0.1, -0.05) is 11.6 Å². The number of hydrogen-bond donors (Lipinski definition) is 2. The first-order valence-electron chi connectivity index (χ1n) is 7.64. The minimum atomic E-state index is -0.518. The maximum Gasteiger partial charge on any atom is 0.239 e. The molecule has 130 valence electrons. The molecule has 1 aliphatic rings. The quantitative estimate of drug-likeness (QED) is 0.797. The lowest BCUT2D eigenvalue weighted by Crippen LogP contribution is -2.40. The van der Waals surface area contributed by atoms with Crippen molar-refractivity contribution in [2.24, 2.45) is 5.92 Å². The highest BCUT2D eigenvalue weighted by atomic mass is 35.5. The van der Waals surface area contributed by atoms with E-state index in [4.69, 9.17) is 16.3 Å². The Balaban J connectivity index is 2.04. The standard InChI is InChI=1S/C16H20ClN3O4/c1-3-18-14(21)8-19-16(23)10-6-15(22)20(9-10)12-7-11(17)4-5-13(12)24-2/h4-5,7,10H,3,6,8-9H2,1-2H3,(H,18,21)(H,19,23). The number of nitrogens with zero attached hydrogens (tertiary/aromatic N) is 1. The van der Waals surface area contributed by atoms with Gasteiger partial charge < -0.3 is 20.3 Å². The summed E-state index contributed by atoms with van der Waals surface area (Å²) in [6, 6.07) is 4.97. The third kappa shape index (κ3) is 4.17. The Bertz CT molecular complexity index is 650.